The second-order valence-corrected chi connectivity index (χ2v) is 4.77. The molecule has 0 spiro atoms. The van der Waals surface area contributed by atoms with Gasteiger partial charge < -0.3 is 0 Å². The molecule has 0 amide bonds. The van der Waals surface area contributed by atoms with Crippen LogP contribution in [0.2, 0.25) is 0 Å². The van der Waals surface area contributed by atoms with E-state index < -0.39 is 6.17 Å². The van der Waals surface area contributed by atoms with Crippen molar-refractivity contribution in [2.75, 3.05) is 0 Å². The lowest BCUT2D eigenvalue weighted by Crippen LogP contribution is -2.24. The van der Waals surface area contributed by atoms with Crippen molar-refractivity contribution in [3.63, 3.8) is 0 Å². The van der Waals surface area contributed by atoms with Crippen LogP contribution < -0.4 is 0 Å². The molecule has 13 heavy (non-hydrogen) atoms. The zero-order valence-corrected chi connectivity index (χ0v) is 9.18. The van der Waals surface area contributed by atoms with E-state index >= 15 is 0 Å². The van der Waals surface area contributed by atoms with Gasteiger partial charge in [0.25, 0.3) is 0 Å². The fourth-order valence-electron chi connectivity index (χ4n) is 2.28. The lowest BCUT2D eigenvalue weighted by molar-refractivity contribution is 0.153. The first kappa shape index (κ1) is 10.7. The summed E-state index contributed by atoms with van der Waals surface area (Å²) in [7, 11) is 0. The molecule has 0 aromatic carbocycles. The fourth-order valence-corrected chi connectivity index (χ4v) is 2.28. The third kappa shape index (κ3) is 2.55. The number of halogens is 1. The molecule has 3 atom stereocenters. The maximum Gasteiger partial charge on any atom is 0.106 e. The van der Waals surface area contributed by atoms with Crippen molar-refractivity contribution in [1.82, 2.24) is 0 Å². The Morgan fingerprint density at radius 2 is 2.08 bits per heavy atom. The fraction of sp³-hybridized carbons (Fsp3) is 0.833. The average Bonchev–Trinajstić information content (AvgIpc) is 2.18. The van der Waals surface area contributed by atoms with Gasteiger partial charge in [-0.05, 0) is 37.5 Å². The minimum Gasteiger partial charge on any atom is -0.247 e. The molecule has 2 unspecified atom stereocenters. The molecule has 0 heterocycles. The monoisotopic (exact) mass is 184 g/mol. The van der Waals surface area contributed by atoms with E-state index in [1.54, 1.807) is 0 Å². The number of rotatable bonds is 1. The van der Waals surface area contributed by atoms with E-state index in [2.05, 4.69) is 33.8 Å². The molecule has 0 aliphatic heterocycles. The van der Waals surface area contributed by atoms with Gasteiger partial charge in [0.05, 0.1) is 0 Å². The molecule has 0 aromatic heterocycles. The van der Waals surface area contributed by atoms with Crippen LogP contribution in [0.3, 0.4) is 0 Å². The van der Waals surface area contributed by atoms with E-state index in [0.717, 1.165) is 6.42 Å². The summed E-state index contributed by atoms with van der Waals surface area (Å²) in [4.78, 5) is 0. The highest BCUT2D eigenvalue weighted by molar-refractivity contribution is 5.05. The van der Waals surface area contributed by atoms with Crippen molar-refractivity contribution in [2.24, 2.45) is 17.8 Å². The molecule has 0 bridgehead atoms. The topological polar surface area (TPSA) is 0 Å². The van der Waals surface area contributed by atoms with E-state index in [9.17, 15) is 4.39 Å². The Balaban J connectivity index is 2.75. The molecule has 1 aliphatic carbocycles. The Morgan fingerprint density at radius 1 is 1.46 bits per heavy atom. The molecular formula is C12H21F. The normalized spacial score (nSPS) is 35.8. The number of hydrogen-bond donors (Lipinski definition) is 0. The Hall–Kier alpha value is -0.330. The van der Waals surface area contributed by atoms with Crippen LogP contribution in [0, 0.1) is 17.8 Å². The summed E-state index contributed by atoms with van der Waals surface area (Å²) in [5.74, 6) is 1.33. The van der Waals surface area contributed by atoms with E-state index in [4.69, 9.17) is 0 Å². The van der Waals surface area contributed by atoms with Crippen molar-refractivity contribution in [1.29, 1.82) is 0 Å². The second kappa shape index (κ2) is 4.26. The summed E-state index contributed by atoms with van der Waals surface area (Å²) in [6.07, 6.45) is 3.14. The highest BCUT2D eigenvalue weighted by Crippen LogP contribution is 2.35. The van der Waals surface area contributed by atoms with Gasteiger partial charge in [-0.3, -0.25) is 0 Å². The van der Waals surface area contributed by atoms with E-state index in [-0.39, 0.29) is 5.92 Å². The predicted octanol–water partition coefficient (Wildman–Crippen LogP) is 3.97. The van der Waals surface area contributed by atoms with Gasteiger partial charge >= 0.3 is 0 Å². The highest BCUT2D eigenvalue weighted by atomic mass is 19.1. The molecule has 1 aliphatic rings. The molecule has 1 heteroatoms. The quantitative estimate of drug-likeness (QED) is 0.541. The predicted molar refractivity (Wildman–Crippen MR) is 55.4 cm³/mol. The summed E-state index contributed by atoms with van der Waals surface area (Å²) in [5.41, 5.74) is 1.37. The minimum atomic E-state index is -0.634. The van der Waals surface area contributed by atoms with Gasteiger partial charge in [-0.1, -0.05) is 32.4 Å². The van der Waals surface area contributed by atoms with E-state index in [1.165, 1.54) is 5.57 Å². The molecule has 1 rings (SSSR count). The van der Waals surface area contributed by atoms with E-state index in [1.807, 2.05) is 0 Å². The average molecular weight is 184 g/mol. The number of hydrogen-bond acceptors (Lipinski definition) is 0. The molecule has 0 aromatic rings. The molecular weight excluding hydrogens is 163 g/mol. The van der Waals surface area contributed by atoms with Crippen molar-refractivity contribution >= 4 is 0 Å². The summed E-state index contributed by atoms with van der Waals surface area (Å²) in [6, 6.07) is 0. The summed E-state index contributed by atoms with van der Waals surface area (Å²) >= 11 is 0. The van der Waals surface area contributed by atoms with Gasteiger partial charge in [0.1, 0.15) is 6.17 Å². The molecule has 0 fully saturated rings. The summed E-state index contributed by atoms with van der Waals surface area (Å²) < 4.78 is 13.6. The minimum absolute atomic E-state index is 0.216. The Morgan fingerprint density at radius 3 is 2.62 bits per heavy atom. The van der Waals surface area contributed by atoms with Crippen molar-refractivity contribution in [2.45, 2.75) is 46.7 Å². The number of alkyl halides is 1. The molecule has 0 saturated heterocycles. The maximum atomic E-state index is 13.6. The van der Waals surface area contributed by atoms with Gasteiger partial charge in [0, 0.05) is 0 Å². The van der Waals surface area contributed by atoms with Gasteiger partial charge in [-0.15, -0.1) is 0 Å². The van der Waals surface area contributed by atoms with Crippen LogP contribution >= 0.6 is 0 Å². The lowest BCUT2D eigenvalue weighted by atomic mass is 9.79. The second-order valence-electron chi connectivity index (χ2n) is 4.77. The molecule has 0 N–H and O–H groups in total. The van der Waals surface area contributed by atoms with Crippen molar-refractivity contribution < 1.29 is 4.39 Å². The van der Waals surface area contributed by atoms with Crippen LogP contribution in [0.4, 0.5) is 4.39 Å². The van der Waals surface area contributed by atoms with Crippen LogP contribution in [-0.4, -0.2) is 6.17 Å². The van der Waals surface area contributed by atoms with E-state index in [0.29, 0.717) is 18.3 Å². The van der Waals surface area contributed by atoms with Crippen LogP contribution in [0.25, 0.3) is 0 Å². The summed E-state index contributed by atoms with van der Waals surface area (Å²) in [5, 5.41) is 0. The lowest BCUT2D eigenvalue weighted by Gasteiger charge is -2.27. The molecule has 0 nitrogen and oxygen atoms in total. The Bertz CT molecular complexity index is 193. The molecule has 0 saturated carbocycles. The largest absolute Gasteiger partial charge is 0.247 e. The molecule has 76 valence electrons. The first-order valence-corrected chi connectivity index (χ1v) is 5.32. The van der Waals surface area contributed by atoms with Crippen molar-refractivity contribution in [3.05, 3.63) is 11.6 Å². The maximum absolute atomic E-state index is 13.6. The van der Waals surface area contributed by atoms with Gasteiger partial charge in [-0.25, -0.2) is 4.39 Å². The van der Waals surface area contributed by atoms with Crippen LogP contribution in [0.15, 0.2) is 11.6 Å². The summed E-state index contributed by atoms with van der Waals surface area (Å²) in [6.45, 7) is 8.58. The smallest absolute Gasteiger partial charge is 0.106 e. The van der Waals surface area contributed by atoms with Crippen molar-refractivity contribution in [3.8, 4) is 0 Å². The SMILES string of the molecule is CC1=CC[C@@H](F)C(C)C(C(C)C)C1. The van der Waals surface area contributed by atoms with Crippen LogP contribution in [0.1, 0.15) is 40.5 Å². The standard InChI is InChI=1S/C12H21F/c1-8(2)11-7-9(3)5-6-12(13)10(11)4/h5,8,10-12H,6-7H2,1-4H3/t10?,11?,12-/m1/s1. The zero-order valence-electron chi connectivity index (χ0n) is 9.18. The van der Waals surface area contributed by atoms with Crippen LogP contribution in [-0.2, 0) is 0 Å². The first-order chi connectivity index (χ1) is 6.02. The Labute approximate surface area is 81.2 Å². The number of allylic oxidation sites excluding steroid dienone is 2. The third-order valence-electron chi connectivity index (χ3n) is 3.35. The van der Waals surface area contributed by atoms with Gasteiger partial charge in [-0.2, -0.15) is 0 Å². The molecule has 0 radical (unpaired) electrons. The zero-order chi connectivity index (χ0) is 10.0. The highest BCUT2D eigenvalue weighted by Gasteiger charge is 2.29. The first-order valence-electron chi connectivity index (χ1n) is 5.32. The van der Waals surface area contributed by atoms with Gasteiger partial charge in [0.15, 0.2) is 0 Å². The van der Waals surface area contributed by atoms with Crippen LogP contribution in [0.5, 0.6) is 0 Å². The third-order valence-corrected chi connectivity index (χ3v) is 3.35. The Kier molecular flexibility index (Phi) is 3.52. The van der Waals surface area contributed by atoms with Gasteiger partial charge in [0.2, 0.25) is 0 Å².